The van der Waals surface area contributed by atoms with Crippen molar-refractivity contribution >= 4 is 0 Å². The molecule has 1 aromatic carbocycles. The fourth-order valence-electron chi connectivity index (χ4n) is 3.39. The van der Waals surface area contributed by atoms with Crippen LogP contribution in [0.1, 0.15) is 37.6 Å². The van der Waals surface area contributed by atoms with E-state index in [1.807, 2.05) is 6.20 Å². The Kier molecular flexibility index (Phi) is 4.39. The van der Waals surface area contributed by atoms with Crippen molar-refractivity contribution in [3.8, 4) is 0 Å². The number of aromatic nitrogens is 2. The summed E-state index contributed by atoms with van der Waals surface area (Å²) in [4.78, 5) is 4.54. The van der Waals surface area contributed by atoms with Crippen molar-refractivity contribution in [1.29, 1.82) is 0 Å². The Morgan fingerprint density at radius 1 is 1.29 bits per heavy atom. The first-order valence-corrected chi connectivity index (χ1v) is 8.11. The summed E-state index contributed by atoms with van der Waals surface area (Å²) in [6.07, 6.45) is 6.33. The standard InChI is InChI=1S/C18H25N3/c1-3-19-17(13-18-20-10-11-21(18)4-2)16-12-15(16)14-8-6-5-7-9-14/h5-11,15-17,19H,3-4,12-13H2,1-2H3. The van der Waals surface area contributed by atoms with Crippen LogP contribution in [0.5, 0.6) is 0 Å². The highest BCUT2D eigenvalue weighted by molar-refractivity contribution is 5.27. The number of rotatable bonds is 7. The third-order valence-corrected chi connectivity index (χ3v) is 4.60. The van der Waals surface area contributed by atoms with Gasteiger partial charge in [0, 0.05) is 31.4 Å². The van der Waals surface area contributed by atoms with Crippen LogP contribution in [0.2, 0.25) is 0 Å². The lowest BCUT2D eigenvalue weighted by Crippen LogP contribution is -2.34. The molecule has 1 aromatic heterocycles. The Labute approximate surface area is 127 Å². The molecule has 1 aliphatic carbocycles. The Hall–Kier alpha value is -1.61. The van der Waals surface area contributed by atoms with Crippen molar-refractivity contribution in [3.05, 3.63) is 54.1 Å². The number of nitrogens with zero attached hydrogens (tertiary/aromatic N) is 2. The number of likely N-dealkylation sites (N-methyl/N-ethyl adjacent to an activating group) is 1. The van der Waals surface area contributed by atoms with Gasteiger partial charge in [-0.2, -0.15) is 0 Å². The van der Waals surface area contributed by atoms with Gasteiger partial charge in [-0.1, -0.05) is 37.3 Å². The van der Waals surface area contributed by atoms with E-state index in [0.717, 1.165) is 31.3 Å². The molecule has 1 saturated carbocycles. The van der Waals surface area contributed by atoms with Crippen molar-refractivity contribution < 1.29 is 0 Å². The molecule has 3 nitrogen and oxygen atoms in total. The maximum atomic E-state index is 4.54. The van der Waals surface area contributed by atoms with E-state index < -0.39 is 0 Å². The van der Waals surface area contributed by atoms with Crippen molar-refractivity contribution in [3.63, 3.8) is 0 Å². The van der Waals surface area contributed by atoms with E-state index in [4.69, 9.17) is 0 Å². The molecular formula is C18H25N3. The van der Waals surface area contributed by atoms with Crippen molar-refractivity contribution in [2.45, 2.75) is 45.2 Å². The van der Waals surface area contributed by atoms with Crippen LogP contribution in [0.3, 0.4) is 0 Å². The highest BCUT2D eigenvalue weighted by atomic mass is 15.1. The Morgan fingerprint density at radius 3 is 2.81 bits per heavy atom. The zero-order valence-electron chi connectivity index (χ0n) is 13.0. The summed E-state index contributed by atoms with van der Waals surface area (Å²) in [5, 5.41) is 3.68. The Morgan fingerprint density at radius 2 is 2.10 bits per heavy atom. The van der Waals surface area contributed by atoms with Gasteiger partial charge in [-0.3, -0.25) is 0 Å². The lowest BCUT2D eigenvalue weighted by molar-refractivity contribution is 0.448. The molecule has 1 heterocycles. The minimum absolute atomic E-state index is 0.535. The van der Waals surface area contributed by atoms with E-state index in [1.165, 1.54) is 17.8 Å². The predicted molar refractivity (Wildman–Crippen MR) is 86.4 cm³/mol. The number of aryl methyl sites for hydroxylation is 1. The van der Waals surface area contributed by atoms with Crippen LogP contribution in [0, 0.1) is 5.92 Å². The molecule has 3 atom stereocenters. The van der Waals surface area contributed by atoms with Gasteiger partial charge in [0.1, 0.15) is 5.82 Å². The quantitative estimate of drug-likeness (QED) is 0.845. The average molecular weight is 283 g/mol. The van der Waals surface area contributed by atoms with Crippen molar-refractivity contribution in [2.75, 3.05) is 6.54 Å². The van der Waals surface area contributed by atoms with Gasteiger partial charge >= 0.3 is 0 Å². The normalized spacial score (nSPS) is 22.2. The molecule has 1 N–H and O–H groups in total. The molecule has 3 heteroatoms. The van der Waals surface area contributed by atoms with Gasteiger partial charge in [-0.05, 0) is 37.3 Å². The SMILES string of the molecule is CCNC(Cc1nccn1CC)C1CC1c1ccccc1. The van der Waals surface area contributed by atoms with Gasteiger partial charge in [0.05, 0.1) is 0 Å². The molecule has 112 valence electrons. The summed E-state index contributed by atoms with van der Waals surface area (Å²) in [5.41, 5.74) is 1.49. The zero-order chi connectivity index (χ0) is 14.7. The molecule has 0 bridgehead atoms. The Bertz CT molecular complexity index is 561. The molecule has 1 aliphatic rings. The number of hydrogen-bond acceptors (Lipinski definition) is 2. The van der Waals surface area contributed by atoms with Gasteiger partial charge < -0.3 is 9.88 Å². The van der Waals surface area contributed by atoms with Gasteiger partial charge in [0.15, 0.2) is 0 Å². The van der Waals surface area contributed by atoms with Gasteiger partial charge in [-0.25, -0.2) is 4.98 Å². The van der Waals surface area contributed by atoms with Crippen molar-refractivity contribution in [1.82, 2.24) is 14.9 Å². The van der Waals surface area contributed by atoms with Crippen LogP contribution in [0.25, 0.3) is 0 Å². The Balaban J connectivity index is 1.69. The third kappa shape index (κ3) is 3.18. The first-order valence-electron chi connectivity index (χ1n) is 8.11. The third-order valence-electron chi connectivity index (χ3n) is 4.60. The van der Waals surface area contributed by atoms with Gasteiger partial charge in [-0.15, -0.1) is 0 Å². The molecule has 0 saturated heterocycles. The monoisotopic (exact) mass is 283 g/mol. The first-order chi connectivity index (χ1) is 10.3. The lowest BCUT2D eigenvalue weighted by atomic mass is 10.0. The van der Waals surface area contributed by atoms with E-state index >= 15 is 0 Å². The molecule has 21 heavy (non-hydrogen) atoms. The van der Waals surface area contributed by atoms with E-state index in [0.29, 0.717) is 6.04 Å². The van der Waals surface area contributed by atoms with E-state index in [9.17, 15) is 0 Å². The van der Waals surface area contributed by atoms with E-state index in [1.54, 1.807) is 0 Å². The second-order valence-corrected chi connectivity index (χ2v) is 5.91. The number of imidazole rings is 1. The van der Waals surface area contributed by atoms with Crippen LogP contribution >= 0.6 is 0 Å². The lowest BCUT2D eigenvalue weighted by Gasteiger charge is -2.18. The molecule has 3 rings (SSSR count). The molecule has 0 radical (unpaired) electrons. The van der Waals surface area contributed by atoms with Crippen LogP contribution < -0.4 is 5.32 Å². The predicted octanol–water partition coefficient (Wildman–Crippen LogP) is 3.23. The maximum absolute atomic E-state index is 4.54. The number of nitrogens with one attached hydrogen (secondary N) is 1. The maximum Gasteiger partial charge on any atom is 0.110 e. The summed E-state index contributed by atoms with van der Waals surface area (Å²) in [6, 6.07) is 11.5. The first kappa shape index (κ1) is 14.3. The summed E-state index contributed by atoms with van der Waals surface area (Å²) < 4.78 is 2.25. The molecular weight excluding hydrogens is 258 g/mol. The van der Waals surface area contributed by atoms with Gasteiger partial charge in [0.2, 0.25) is 0 Å². The second-order valence-electron chi connectivity index (χ2n) is 5.91. The highest BCUT2D eigenvalue weighted by Crippen LogP contribution is 2.49. The average Bonchev–Trinajstić information content (AvgIpc) is 3.20. The van der Waals surface area contributed by atoms with E-state index in [-0.39, 0.29) is 0 Å². The number of benzene rings is 1. The van der Waals surface area contributed by atoms with Crippen LogP contribution in [-0.2, 0) is 13.0 Å². The fourth-order valence-corrected chi connectivity index (χ4v) is 3.39. The minimum Gasteiger partial charge on any atom is -0.335 e. The smallest absolute Gasteiger partial charge is 0.110 e. The van der Waals surface area contributed by atoms with E-state index in [2.05, 4.69) is 65.2 Å². The number of hydrogen-bond donors (Lipinski definition) is 1. The second kappa shape index (κ2) is 6.44. The molecule has 0 aliphatic heterocycles. The molecule has 0 spiro atoms. The molecule has 0 amide bonds. The zero-order valence-corrected chi connectivity index (χ0v) is 13.0. The van der Waals surface area contributed by atoms with Crippen molar-refractivity contribution in [2.24, 2.45) is 5.92 Å². The highest BCUT2D eigenvalue weighted by Gasteiger charge is 2.43. The summed E-state index contributed by atoms with van der Waals surface area (Å²) >= 11 is 0. The van der Waals surface area contributed by atoms with Gasteiger partial charge in [0.25, 0.3) is 0 Å². The molecule has 3 unspecified atom stereocenters. The molecule has 2 aromatic rings. The summed E-state index contributed by atoms with van der Waals surface area (Å²) in [6.45, 7) is 6.40. The van der Waals surface area contributed by atoms with Crippen LogP contribution in [0.15, 0.2) is 42.7 Å². The summed E-state index contributed by atoms with van der Waals surface area (Å²) in [5.74, 6) is 2.68. The van der Waals surface area contributed by atoms with Crippen LogP contribution in [-0.4, -0.2) is 22.1 Å². The fraction of sp³-hybridized carbons (Fsp3) is 0.500. The largest absolute Gasteiger partial charge is 0.335 e. The topological polar surface area (TPSA) is 29.9 Å². The summed E-state index contributed by atoms with van der Waals surface area (Å²) in [7, 11) is 0. The minimum atomic E-state index is 0.535. The van der Waals surface area contributed by atoms with Crippen LogP contribution in [0.4, 0.5) is 0 Å². The molecule has 1 fully saturated rings.